The smallest absolute Gasteiger partial charge is 0.251 e. The third-order valence-corrected chi connectivity index (χ3v) is 5.77. The molecule has 0 saturated carbocycles. The number of nitrogens with zero attached hydrogens (tertiary/aromatic N) is 1. The van der Waals surface area contributed by atoms with Gasteiger partial charge in [0.2, 0.25) is 5.91 Å². The molecule has 8 nitrogen and oxygen atoms in total. The Morgan fingerprint density at radius 3 is 2.70 bits per heavy atom. The fourth-order valence-corrected chi connectivity index (χ4v) is 4.17. The molecule has 1 aliphatic rings. The van der Waals surface area contributed by atoms with Crippen LogP contribution < -0.4 is 15.5 Å². The predicted octanol–water partition coefficient (Wildman–Crippen LogP) is 3.30. The van der Waals surface area contributed by atoms with E-state index < -0.39 is 11.4 Å². The van der Waals surface area contributed by atoms with Crippen molar-refractivity contribution in [1.82, 2.24) is 15.8 Å². The summed E-state index contributed by atoms with van der Waals surface area (Å²) in [6, 6.07) is 16.8. The molecule has 0 radical (unpaired) electrons. The van der Waals surface area contributed by atoms with Crippen LogP contribution in [0.15, 0.2) is 54.6 Å². The third kappa shape index (κ3) is 5.47. The number of pyridine rings is 1. The number of para-hydroxylation sites is 1. The first-order chi connectivity index (χ1) is 16.0. The number of carbonyl (C=O) groups excluding carboxylic acids is 2. The van der Waals surface area contributed by atoms with E-state index in [2.05, 4.69) is 10.3 Å². The summed E-state index contributed by atoms with van der Waals surface area (Å²) in [5, 5.41) is 12.9. The lowest BCUT2D eigenvalue weighted by Gasteiger charge is -2.37. The molecule has 1 fully saturated rings. The highest BCUT2D eigenvalue weighted by Crippen LogP contribution is 2.25. The van der Waals surface area contributed by atoms with Gasteiger partial charge in [-0.3, -0.25) is 19.8 Å². The second kappa shape index (κ2) is 9.97. The van der Waals surface area contributed by atoms with Crippen molar-refractivity contribution in [3.05, 3.63) is 71.4 Å². The molecule has 172 valence electrons. The highest BCUT2D eigenvalue weighted by atomic mass is 16.5. The molecular formula is C25H27N3O5. The summed E-state index contributed by atoms with van der Waals surface area (Å²) in [6.07, 6.45) is 1.25. The molecule has 3 N–H and O–H groups in total. The quantitative estimate of drug-likeness (QED) is 0.377. The molecule has 2 aromatic carbocycles. The molecule has 0 bridgehead atoms. The molecule has 3 aromatic rings. The van der Waals surface area contributed by atoms with E-state index in [4.69, 9.17) is 14.7 Å². The standard InChI is InChI=1S/C25H27N3O5/c1-17-13-19(21-5-2-3-6-22(21)26-17)15-33-20-9-7-18(8-10-20)24(30)27-25(14-23(29)28-31)11-4-12-32-16-25/h2-3,5-10,13,31H,4,11-12,14-16H2,1H3,(H,27,30)(H,28,29)/t25-/m1/s1. The van der Waals surface area contributed by atoms with Crippen molar-refractivity contribution in [2.45, 2.75) is 38.3 Å². The zero-order valence-corrected chi connectivity index (χ0v) is 18.5. The van der Waals surface area contributed by atoms with Crippen LogP contribution >= 0.6 is 0 Å². The Bertz CT molecular complexity index is 1140. The lowest BCUT2D eigenvalue weighted by molar-refractivity contribution is -0.132. The molecule has 0 unspecified atom stereocenters. The van der Waals surface area contributed by atoms with Crippen LogP contribution in [0.2, 0.25) is 0 Å². The van der Waals surface area contributed by atoms with Gasteiger partial charge in [-0.05, 0) is 56.2 Å². The molecule has 8 heteroatoms. The van der Waals surface area contributed by atoms with Crippen LogP contribution in [0.25, 0.3) is 10.9 Å². The van der Waals surface area contributed by atoms with E-state index in [9.17, 15) is 9.59 Å². The van der Waals surface area contributed by atoms with Crippen LogP contribution in [0.4, 0.5) is 0 Å². The van der Waals surface area contributed by atoms with Crippen LogP contribution in [0.1, 0.15) is 40.9 Å². The van der Waals surface area contributed by atoms with Crippen molar-refractivity contribution in [2.24, 2.45) is 0 Å². The Kier molecular flexibility index (Phi) is 6.86. The number of aryl methyl sites for hydroxylation is 1. The van der Waals surface area contributed by atoms with Gasteiger partial charge >= 0.3 is 0 Å². The monoisotopic (exact) mass is 449 g/mol. The van der Waals surface area contributed by atoms with Gasteiger partial charge in [0.05, 0.1) is 24.1 Å². The van der Waals surface area contributed by atoms with Crippen LogP contribution in [0, 0.1) is 6.92 Å². The second-order valence-electron chi connectivity index (χ2n) is 8.36. The number of benzene rings is 2. The third-order valence-electron chi connectivity index (χ3n) is 5.77. The van der Waals surface area contributed by atoms with Gasteiger partial charge in [0.1, 0.15) is 12.4 Å². The van der Waals surface area contributed by atoms with E-state index >= 15 is 0 Å². The first kappa shape index (κ1) is 22.7. The topological polar surface area (TPSA) is 110 Å². The van der Waals surface area contributed by atoms with E-state index in [1.807, 2.05) is 37.3 Å². The molecule has 1 atom stereocenters. The first-order valence-corrected chi connectivity index (χ1v) is 10.9. The molecular weight excluding hydrogens is 422 g/mol. The van der Waals surface area contributed by atoms with Gasteiger partial charge in [-0.2, -0.15) is 0 Å². The van der Waals surface area contributed by atoms with Gasteiger partial charge in [0.15, 0.2) is 0 Å². The van der Waals surface area contributed by atoms with E-state index in [1.165, 1.54) is 0 Å². The molecule has 4 rings (SSSR count). The fourth-order valence-electron chi connectivity index (χ4n) is 4.17. The van der Waals surface area contributed by atoms with Crippen LogP contribution in [-0.4, -0.2) is 40.8 Å². The summed E-state index contributed by atoms with van der Waals surface area (Å²) in [7, 11) is 0. The SMILES string of the molecule is Cc1cc(COc2ccc(C(=O)N[C@@]3(CC(=O)NO)CCCOC3)cc2)c2ccccc2n1. The molecule has 0 aliphatic carbocycles. The lowest BCUT2D eigenvalue weighted by atomic mass is 9.88. The Morgan fingerprint density at radius 1 is 1.18 bits per heavy atom. The van der Waals surface area contributed by atoms with E-state index in [0.29, 0.717) is 30.9 Å². The maximum absolute atomic E-state index is 12.9. The summed E-state index contributed by atoms with van der Waals surface area (Å²) in [4.78, 5) is 29.2. The van der Waals surface area contributed by atoms with Gasteiger partial charge in [-0.1, -0.05) is 18.2 Å². The van der Waals surface area contributed by atoms with Gasteiger partial charge in [0, 0.05) is 28.8 Å². The summed E-state index contributed by atoms with van der Waals surface area (Å²) in [5.74, 6) is -0.238. The normalized spacial score (nSPS) is 18.0. The van der Waals surface area contributed by atoms with Gasteiger partial charge < -0.3 is 14.8 Å². The molecule has 33 heavy (non-hydrogen) atoms. The second-order valence-corrected chi connectivity index (χ2v) is 8.36. The molecule has 1 aromatic heterocycles. The van der Waals surface area contributed by atoms with E-state index in [0.717, 1.165) is 28.6 Å². The number of rotatable bonds is 7. The number of amides is 2. The fraction of sp³-hybridized carbons (Fsp3) is 0.320. The number of carbonyl (C=O) groups is 2. The number of hydrogen-bond acceptors (Lipinski definition) is 6. The highest BCUT2D eigenvalue weighted by Gasteiger charge is 2.37. The van der Waals surface area contributed by atoms with E-state index in [1.54, 1.807) is 29.7 Å². The van der Waals surface area contributed by atoms with Crippen molar-refractivity contribution < 1.29 is 24.3 Å². The zero-order valence-electron chi connectivity index (χ0n) is 18.5. The van der Waals surface area contributed by atoms with Gasteiger partial charge in [-0.25, -0.2) is 5.48 Å². The van der Waals surface area contributed by atoms with Crippen molar-refractivity contribution in [3.8, 4) is 5.75 Å². The van der Waals surface area contributed by atoms with Crippen LogP contribution in [0.5, 0.6) is 5.75 Å². The summed E-state index contributed by atoms with van der Waals surface area (Å²) in [5.41, 5.74) is 4.13. The predicted molar refractivity (Wildman–Crippen MR) is 122 cm³/mol. The molecule has 1 aliphatic heterocycles. The zero-order chi connectivity index (χ0) is 23.3. The van der Waals surface area contributed by atoms with Crippen LogP contribution in [0.3, 0.4) is 0 Å². The molecule has 2 amide bonds. The maximum atomic E-state index is 12.9. The molecule has 0 spiro atoms. The summed E-state index contributed by atoms with van der Waals surface area (Å²) >= 11 is 0. The number of fused-ring (bicyclic) bond motifs is 1. The van der Waals surface area contributed by atoms with Crippen molar-refractivity contribution in [2.75, 3.05) is 13.2 Å². The molecule has 1 saturated heterocycles. The number of hydrogen-bond donors (Lipinski definition) is 3. The summed E-state index contributed by atoms with van der Waals surface area (Å²) in [6.45, 7) is 3.13. The Hall–Kier alpha value is -3.49. The van der Waals surface area contributed by atoms with Crippen molar-refractivity contribution in [3.63, 3.8) is 0 Å². The summed E-state index contributed by atoms with van der Waals surface area (Å²) < 4.78 is 11.5. The maximum Gasteiger partial charge on any atom is 0.251 e. The largest absolute Gasteiger partial charge is 0.489 e. The lowest BCUT2D eigenvalue weighted by Crippen LogP contribution is -2.56. The Labute approximate surface area is 191 Å². The minimum Gasteiger partial charge on any atom is -0.489 e. The van der Waals surface area contributed by atoms with Crippen molar-refractivity contribution in [1.29, 1.82) is 0 Å². The van der Waals surface area contributed by atoms with Gasteiger partial charge in [0.25, 0.3) is 5.91 Å². The average Bonchev–Trinajstić information content (AvgIpc) is 2.83. The number of aromatic nitrogens is 1. The minimum atomic E-state index is -0.850. The van der Waals surface area contributed by atoms with Gasteiger partial charge in [-0.15, -0.1) is 0 Å². The number of nitrogens with one attached hydrogen (secondary N) is 2. The average molecular weight is 450 g/mol. The highest BCUT2D eigenvalue weighted by molar-refractivity contribution is 5.95. The Morgan fingerprint density at radius 2 is 1.97 bits per heavy atom. The molecule has 2 heterocycles. The minimum absolute atomic E-state index is 0.0598. The van der Waals surface area contributed by atoms with E-state index in [-0.39, 0.29) is 18.9 Å². The number of ether oxygens (including phenoxy) is 2. The first-order valence-electron chi connectivity index (χ1n) is 10.9. The van der Waals surface area contributed by atoms with Crippen molar-refractivity contribution >= 4 is 22.7 Å². The Balaban J connectivity index is 1.43. The number of hydroxylamine groups is 1. The van der Waals surface area contributed by atoms with Crippen LogP contribution in [-0.2, 0) is 16.1 Å².